The Labute approximate surface area is 116 Å². The summed E-state index contributed by atoms with van der Waals surface area (Å²) < 4.78 is 5.42. The molecule has 0 aliphatic carbocycles. The summed E-state index contributed by atoms with van der Waals surface area (Å²) in [6, 6.07) is 11.1. The molecule has 19 heavy (non-hydrogen) atoms. The average Bonchev–Trinajstić information content (AvgIpc) is 2.47. The highest BCUT2D eigenvalue weighted by atomic mass is 16.5. The second-order valence-electron chi connectivity index (χ2n) is 5.53. The van der Waals surface area contributed by atoms with Gasteiger partial charge in [-0.1, -0.05) is 30.3 Å². The SMILES string of the molecule is CNC(CN(C)CC1CCOCC1)c1ccccc1. The third-order valence-electron chi connectivity index (χ3n) is 3.96. The number of nitrogens with zero attached hydrogens (tertiary/aromatic N) is 1. The first kappa shape index (κ1) is 14.5. The van der Waals surface area contributed by atoms with Gasteiger partial charge in [-0.05, 0) is 38.4 Å². The van der Waals surface area contributed by atoms with E-state index < -0.39 is 0 Å². The van der Waals surface area contributed by atoms with Gasteiger partial charge in [0.15, 0.2) is 0 Å². The van der Waals surface area contributed by atoms with Crippen molar-refractivity contribution in [1.29, 1.82) is 0 Å². The molecule has 1 aromatic rings. The highest BCUT2D eigenvalue weighted by molar-refractivity contribution is 5.19. The Bertz CT molecular complexity index is 349. The second kappa shape index (κ2) is 7.63. The second-order valence-corrected chi connectivity index (χ2v) is 5.53. The fraction of sp³-hybridized carbons (Fsp3) is 0.625. The molecule has 1 unspecified atom stereocenters. The van der Waals surface area contributed by atoms with Crippen molar-refractivity contribution in [1.82, 2.24) is 10.2 Å². The van der Waals surface area contributed by atoms with Crippen LogP contribution in [0.15, 0.2) is 30.3 Å². The van der Waals surface area contributed by atoms with Crippen LogP contribution in [0.4, 0.5) is 0 Å². The van der Waals surface area contributed by atoms with E-state index >= 15 is 0 Å². The van der Waals surface area contributed by atoms with Crippen LogP contribution in [0.1, 0.15) is 24.4 Å². The third-order valence-corrected chi connectivity index (χ3v) is 3.96. The van der Waals surface area contributed by atoms with Crippen molar-refractivity contribution in [2.45, 2.75) is 18.9 Å². The van der Waals surface area contributed by atoms with Crippen molar-refractivity contribution < 1.29 is 4.74 Å². The quantitative estimate of drug-likeness (QED) is 0.851. The summed E-state index contributed by atoms with van der Waals surface area (Å²) in [6.07, 6.45) is 2.42. The predicted octanol–water partition coefficient (Wildman–Crippen LogP) is 2.31. The molecule has 2 rings (SSSR count). The first-order chi connectivity index (χ1) is 9.29. The van der Waals surface area contributed by atoms with Crippen LogP contribution in [0.3, 0.4) is 0 Å². The summed E-state index contributed by atoms with van der Waals surface area (Å²) in [4.78, 5) is 2.45. The number of likely N-dealkylation sites (N-methyl/N-ethyl adjacent to an activating group) is 2. The van der Waals surface area contributed by atoms with Crippen LogP contribution in [-0.2, 0) is 4.74 Å². The largest absolute Gasteiger partial charge is 0.381 e. The van der Waals surface area contributed by atoms with E-state index in [4.69, 9.17) is 4.74 Å². The third kappa shape index (κ3) is 4.60. The number of ether oxygens (including phenoxy) is 1. The van der Waals surface area contributed by atoms with Crippen LogP contribution in [0.2, 0.25) is 0 Å². The molecule has 0 bridgehead atoms. The molecule has 0 saturated carbocycles. The van der Waals surface area contributed by atoms with Crippen LogP contribution in [0.25, 0.3) is 0 Å². The fourth-order valence-electron chi connectivity index (χ4n) is 2.80. The Balaban J connectivity index is 1.84. The normalized spacial score (nSPS) is 18.7. The number of benzene rings is 1. The smallest absolute Gasteiger partial charge is 0.0469 e. The summed E-state index contributed by atoms with van der Waals surface area (Å²) in [5.41, 5.74) is 1.36. The molecule has 0 amide bonds. The van der Waals surface area contributed by atoms with Gasteiger partial charge < -0.3 is 15.0 Å². The molecule has 3 heteroatoms. The summed E-state index contributed by atoms with van der Waals surface area (Å²) in [7, 11) is 4.27. The van der Waals surface area contributed by atoms with Gasteiger partial charge in [0.2, 0.25) is 0 Å². The van der Waals surface area contributed by atoms with Crippen LogP contribution in [0.5, 0.6) is 0 Å². The molecule has 1 heterocycles. The topological polar surface area (TPSA) is 24.5 Å². The van der Waals surface area contributed by atoms with E-state index in [2.05, 4.69) is 47.6 Å². The summed E-state index contributed by atoms with van der Waals surface area (Å²) in [5.74, 6) is 0.798. The zero-order valence-electron chi connectivity index (χ0n) is 12.1. The molecule has 1 saturated heterocycles. The molecule has 1 aromatic carbocycles. The van der Waals surface area contributed by atoms with Crippen LogP contribution in [-0.4, -0.2) is 45.3 Å². The van der Waals surface area contributed by atoms with Crippen LogP contribution >= 0.6 is 0 Å². The maximum absolute atomic E-state index is 5.42. The lowest BCUT2D eigenvalue weighted by molar-refractivity contribution is 0.0548. The summed E-state index contributed by atoms with van der Waals surface area (Å²) >= 11 is 0. The van der Waals surface area contributed by atoms with Gasteiger partial charge in [0, 0.05) is 32.3 Å². The minimum absolute atomic E-state index is 0.408. The standard InChI is InChI=1S/C16H26N2O/c1-17-16(15-6-4-3-5-7-15)13-18(2)12-14-8-10-19-11-9-14/h3-7,14,16-17H,8-13H2,1-2H3. The zero-order valence-corrected chi connectivity index (χ0v) is 12.1. The molecule has 0 spiro atoms. The maximum Gasteiger partial charge on any atom is 0.0469 e. The minimum atomic E-state index is 0.408. The molecular formula is C16H26N2O. The Hall–Kier alpha value is -0.900. The molecule has 1 N–H and O–H groups in total. The maximum atomic E-state index is 5.42. The Morgan fingerprint density at radius 2 is 1.95 bits per heavy atom. The monoisotopic (exact) mass is 262 g/mol. The van der Waals surface area contributed by atoms with Crippen molar-refractivity contribution in [3.63, 3.8) is 0 Å². The number of hydrogen-bond donors (Lipinski definition) is 1. The van der Waals surface area contributed by atoms with Crippen LogP contribution in [0, 0.1) is 5.92 Å². The van der Waals surface area contributed by atoms with E-state index in [9.17, 15) is 0 Å². The van der Waals surface area contributed by atoms with Crippen molar-refractivity contribution in [2.24, 2.45) is 5.92 Å². The van der Waals surface area contributed by atoms with E-state index in [0.717, 1.165) is 25.7 Å². The molecular weight excluding hydrogens is 236 g/mol. The van der Waals surface area contributed by atoms with Gasteiger partial charge in [-0.25, -0.2) is 0 Å². The van der Waals surface area contributed by atoms with Crippen molar-refractivity contribution in [3.8, 4) is 0 Å². The van der Waals surface area contributed by atoms with Gasteiger partial charge in [-0.3, -0.25) is 0 Å². The van der Waals surface area contributed by atoms with E-state index in [1.807, 2.05) is 7.05 Å². The molecule has 0 aromatic heterocycles. The Morgan fingerprint density at radius 3 is 2.58 bits per heavy atom. The van der Waals surface area contributed by atoms with Gasteiger partial charge in [-0.2, -0.15) is 0 Å². The molecule has 106 valence electrons. The van der Waals surface area contributed by atoms with Gasteiger partial charge in [-0.15, -0.1) is 0 Å². The Morgan fingerprint density at radius 1 is 1.26 bits per heavy atom. The number of nitrogens with one attached hydrogen (secondary N) is 1. The lowest BCUT2D eigenvalue weighted by Gasteiger charge is -2.29. The molecule has 0 radical (unpaired) electrons. The predicted molar refractivity (Wildman–Crippen MR) is 79.3 cm³/mol. The average molecular weight is 262 g/mol. The van der Waals surface area contributed by atoms with Crippen LogP contribution < -0.4 is 5.32 Å². The van der Waals surface area contributed by atoms with E-state index in [-0.39, 0.29) is 0 Å². The number of rotatable bonds is 6. The first-order valence-corrected chi connectivity index (χ1v) is 7.28. The highest BCUT2D eigenvalue weighted by Gasteiger charge is 2.18. The van der Waals surface area contributed by atoms with E-state index in [1.54, 1.807) is 0 Å². The highest BCUT2D eigenvalue weighted by Crippen LogP contribution is 2.18. The van der Waals surface area contributed by atoms with Gasteiger partial charge >= 0.3 is 0 Å². The minimum Gasteiger partial charge on any atom is -0.381 e. The van der Waals surface area contributed by atoms with Gasteiger partial charge in [0.1, 0.15) is 0 Å². The summed E-state index contributed by atoms with van der Waals surface area (Å²) in [5, 5.41) is 3.42. The lowest BCUT2D eigenvalue weighted by atomic mass is 9.99. The lowest BCUT2D eigenvalue weighted by Crippen LogP contribution is -2.35. The number of hydrogen-bond acceptors (Lipinski definition) is 3. The zero-order chi connectivity index (χ0) is 13.5. The van der Waals surface area contributed by atoms with Crippen molar-refractivity contribution >= 4 is 0 Å². The fourth-order valence-corrected chi connectivity index (χ4v) is 2.80. The molecule has 1 aliphatic rings. The van der Waals surface area contributed by atoms with Gasteiger partial charge in [0.05, 0.1) is 0 Å². The molecule has 1 aliphatic heterocycles. The molecule has 3 nitrogen and oxygen atoms in total. The Kier molecular flexibility index (Phi) is 5.83. The van der Waals surface area contributed by atoms with E-state index in [1.165, 1.54) is 24.9 Å². The van der Waals surface area contributed by atoms with Gasteiger partial charge in [0.25, 0.3) is 0 Å². The van der Waals surface area contributed by atoms with Crippen molar-refractivity contribution in [2.75, 3.05) is 40.4 Å². The molecule has 1 atom stereocenters. The summed E-state index contributed by atoms with van der Waals surface area (Å²) in [6.45, 7) is 4.10. The van der Waals surface area contributed by atoms with Crippen molar-refractivity contribution in [3.05, 3.63) is 35.9 Å². The van der Waals surface area contributed by atoms with E-state index in [0.29, 0.717) is 6.04 Å². The first-order valence-electron chi connectivity index (χ1n) is 7.28. The molecule has 1 fully saturated rings.